The number of nitro groups is 1. The van der Waals surface area contributed by atoms with Gasteiger partial charge in [-0.2, -0.15) is 0 Å². The first kappa shape index (κ1) is 17.2. The van der Waals surface area contributed by atoms with Crippen molar-refractivity contribution in [2.75, 3.05) is 7.11 Å². The summed E-state index contributed by atoms with van der Waals surface area (Å²) in [6, 6.07) is 0. The zero-order chi connectivity index (χ0) is 18.0. The van der Waals surface area contributed by atoms with Crippen molar-refractivity contribution >= 4 is 11.9 Å². The molecule has 0 aromatic rings. The number of carboxylic acids is 1. The van der Waals surface area contributed by atoms with Gasteiger partial charge in [0, 0.05) is 17.7 Å². The van der Waals surface area contributed by atoms with Gasteiger partial charge in [-0.1, -0.05) is 12.2 Å². The average Bonchev–Trinajstić information content (AvgIpc) is 2.52. The monoisotopic (exact) mass is 332 g/mol. The van der Waals surface area contributed by atoms with Crippen LogP contribution in [0.4, 0.5) is 0 Å². The molecule has 2 N–H and O–H groups in total. The lowest BCUT2D eigenvalue weighted by Gasteiger charge is -2.33. The van der Waals surface area contributed by atoms with E-state index in [0.717, 1.165) is 0 Å². The van der Waals surface area contributed by atoms with E-state index in [4.69, 9.17) is 4.74 Å². The first-order chi connectivity index (χ1) is 11.3. The second-order valence-electron chi connectivity index (χ2n) is 5.38. The highest BCUT2D eigenvalue weighted by molar-refractivity contribution is 5.89. The van der Waals surface area contributed by atoms with Crippen molar-refractivity contribution in [1.82, 2.24) is 5.32 Å². The summed E-state index contributed by atoms with van der Waals surface area (Å²) in [4.78, 5) is 33.6. The first-order valence-corrected chi connectivity index (χ1v) is 7.07. The van der Waals surface area contributed by atoms with Crippen molar-refractivity contribution in [2.45, 2.75) is 13.8 Å². The Balaban J connectivity index is 2.65. The molecule has 0 saturated heterocycles. The van der Waals surface area contributed by atoms with E-state index in [1.807, 2.05) is 0 Å². The molecule has 8 nitrogen and oxygen atoms in total. The Kier molecular flexibility index (Phi) is 4.71. The Hall–Kier alpha value is -3.12. The van der Waals surface area contributed by atoms with Crippen molar-refractivity contribution in [3.05, 3.63) is 62.3 Å². The van der Waals surface area contributed by atoms with E-state index in [1.165, 1.54) is 19.3 Å². The number of nitrogens with one attached hydrogen (secondary N) is 1. The molecule has 2 atom stereocenters. The van der Waals surface area contributed by atoms with Crippen molar-refractivity contribution in [1.29, 1.82) is 0 Å². The number of hydrogen-bond donors (Lipinski definition) is 2. The Bertz CT molecular complexity index is 780. The molecule has 0 fully saturated rings. The highest BCUT2D eigenvalue weighted by Crippen LogP contribution is 2.41. The zero-order valence-electron chi connectivity index (χ0n) is 13.3. The van der Waals surface area contributed by atoms with Crippen LogP contribution in [0.15, 0.2) is 52.2 Å². The quantitative estimate of drug-likeness (QED) is 0.455. The molecule has 0 aromatic heterocycles. The largest absolute Gasteiger partial charge is 0.499 e. The van der Waals surface area contributed by atoms with Gasteiger partial charge in [-0.25, -0.2) is 9.59 Å². The summed E-state index contributed by atoms with van der Waals surface area (Å²) in [5.74, 6) is -1.00. The number of aliphatic carboxylic acids is 1. The van der Waals surface area contributed by atoms with Gasteiger partial charge in [-0.3, -0.25) is 10.1 Å². The van der Waals surface area contributed by atoms with Gasteiger partial charge in [-0.05, 0) is 13.8 Å². The van der Waals surface area contributed by atoms with Crippen LogP contribution in [0.25, 0.3) is 0 Å². The van der Waals surface area contributed by atoms with Crippen molar-refractivity contribution in [3.63, 3.8) is 0 Å². The van der Waals surface area contributed by atoms with Crippen LogP contribution in [-0.4, -0.2) is 29.1 Å². The fraction of sp³-hybridized carbons (Fsp3) is 0.312. The third-order valence-corrected chi connectivity index (χ3v) is 4.04. The van der Waals surface area contributed by atoms with Gasteiger partial charge in [0.2, 0.25) is 0 Å². The number of carbonyl (C=O) groups excluding carboxylic acids is 1. The molecule has 0 saturated carbocycles. The van der Waals surface area contributed by atoms with Gasteiger partial charge in [0.25, 0.3) is 5.70 Å². The fourth-order valence-electron chi connectivity index (χ4n) is 3.10. The number of ether oxygens (including phenoxy) is 1. The third-order valence-electron chi connectivity index (χ3n) is 4.04. The molecule has 0 aromatic carbocycles. The number of methoxy groups -OCH3 is 1. The summed E-state index contributed by atoms with van der Waals surface area (Å²) in [7, 11) is 1.38. The van der Waals surface area contributed by atoms with E-state index in [-0.39, 0.29) is 11.1 Å². The topological polar surface area (TPSA) is 119 Å². The molecular formula is C16H16N2O6. The minimum absolute atomic E-state index is 0.00977. The summed E-state index contributed by atoms with van der Waals surface area (Å²) < 4.78 is 5.34. The number of carbonyl (C=O) groups is 1. The highest BCUT2D eigenvalue weighted by Gasteiger charge is 2.43. The lowest BCUT2D eigenvalue weighted by Crippen LogP contribution is -2.35. The summed E-state index contributed by atoms with van der Waals surface area (Å²) in [6.07, 6.45) is 4.17. The lowest BCUT2D eigenvalue weighted by molar-refractivity contribution is -0.421. The van der Waals surface area contributed by atoms with Crippen LogP contribution in [0.2, 0.25) is 0 Å². The summed E-state index contributed by atoms with van der Waals surface area (Å²) in [5.41, 5.74) is 0.363. The van der Waals surface area contributed by atoms with Gasteiger partial charge < -0.3 is 15.2 Å². The molecule has 0 amide bonds. The Morgan fingerprint density at radius 3 is 2.58 bits per heavy atom. The smallest absolute Gasteiger partial charge is 0.334 e. The highest BCUT2D eigenvalue weighted by atomic mass is 16.6. The average molecular weight is 332 g/mol. The summed E-state index contributed by atoms with van der Waals surface area (Å²) in [6.45, 7) is 3.29. The van der Waals surface area contributed by atoms with Crippen molar-refractivity contribution in [3.8, 4) is 0 Å². The predicted octanol–water partition coefficient (Wildman–Crippen LogP) is 1.55. The molecule has 126 valence electrons. The van der Waals surface area contributed by atoms with Crippen LogP contribution in [0.1, 0.15) is 13.8 Å². The van der Waals surface area contributed by atoms with Gasteiger partial charge >= 0.3 is 5.97 Å². The predicted molar refractivity (Wildman–Crippen MR) is 83.6 cm³/mol. The molecule has 2 aliphatic rings. The normalized spacial score (nSPS) is 23.5. The molecule has 0 spiro atoms. The molecule has 2 rings (SSSR count). The molecule has 24 heavy (non-hydrogen) atoms. The van der Waals surface area contributed by atoms with E-state index in [1.54, 1.807) is 25.9 Å². The Morgan fingerprint density at radius 1 is 1.42 bits per heavy atom. The minimum atomic E-state index is -1.19. The van der Waals surface area contributed by atoms with Gasteiger partial charge in [0.1, 0.15) is 17.3 Å². The van der Waals surface area contributed by atoms with Gasteiger partial charge in [-0.15, -0.1) is 0 Å². The number of carboxylic acid groups (broad SMARTS) is 1. The van der Waals surface area contributed by atoms with E-state index in [2.05, 4.69) is 5.32 Å². The van der Waals surface area contributed by atoms with Crippen LogP contribution in [0.3, 0.4) is 0 Å². The molecule has 1 unspecified atom stereocenters. The number of allylic oxidation sites excluding steroid dienone is 7. The van der Waals surface area contributed by atoms with E-state index in [9.17, 15) is 24.8 Å². The standard InChI is InChI=1S/C16H16N2O6/c1-8-13(16(20)21)14(15(24-3)9(2)17-8)10-5-4-6-12(18(22)23)11(10)7-19/h4-6,10,14,17H,1-3H3,(H,20,21)/t10?,14-/m0/s1. The Morgan fingerprint density at radius 2 is 2.08 bits per heavy atom. The number of nitrogens with zero attached hydrogens (tertiary/aromatic N) is 1. The van der Waals surface area contributed by atoms with E-state index < -0.39 is 28.4 Å². The molecule has 0 bridgehead atoms. The maximum absolute atomic E-state index is 11.7. The van der Waals surface area contributed by atoms with Crippen molar-refractivity contribution < 1.29 is 24.4 Å². The van der Waals surface area contributed by atoms with Gasteiger partial charge in [0.15, 0.2) is 0 Å². The summed E-state index contributed by atoms with van der Waals surface area (Å²) in [5, 5.41) is 23.7. The number of dihydropyridines is 1. The third kappa shape index (κ3) is 2.75. The molecule has 0 radical (unpaired) electrons. The van der Waals surface area contributed by atoms with Crippen LogP contribution >= 0.6 is 0 Å². The van der Waals surface area contributed by atoms with Crippen LogP contribution in [0.5, 0.6) is 0 Å². The van der Waals surface area contributed by atoms with Crippen LogP contribution < -0.4 is 5.32 Å². The summed E-state index contributed by atoms with van der Waals surface area (Å²) >= 11 is 0. The second-order valence-corrected chi connectivity index (χ2v) is 5.38. The zero-order valence-corrected chi connectivity index (χ0v) is 13.3. The molecule has 1 aliphatic heterocycles. The SMILES string of the molecule is COC1=C(C)NC(C)=C(C(=O)O)[C@@H]1C1C=CC=C([N+](=O)[O-])C1=C=O. The van der Waals surface area contributed by atoms with Gasteiger partial charge in [0.05, 0.1) is 29.2 Å². The molecule has 1 aliphatic carbocycles. The Labute approximate surface area is 137 Å². The molecule has 1 heterocycles. The number of rotatable bonds is 4. The fourth-order valence-corrected chi connectivity index (χ4v) is 3.10. The van der Waals surface area contributed by atoms with E-state index >= 15 is 0 Å². The maximum Gasteiger partial charge on any atom is 0.334 e. The minimum Gasteiger partial charge on any atom is -0.499 e. The lowest BCUT2D eigenvalue weighted by atomic mass is 9.75. The second kappa shape index (κ2) is 6.55. The first-order valence-electron chi connectivity index (χ1n) is 7.07. The van der Waals surface area contributed by atoms with Crippen LogP contribution in [-0.2, 0) is 14.3 Å². The molecule has 8 heteroatoms. The number of hydrogen-bond acceptors (Lipinski definition) is 6. The van der Waals surface area contributed by atoms with E-state index in [0.29, 0.717) is 17.2 Å². The maximum atomic E-state index is 11.7. The van der Waals surface area contributed by atoms with Crippen molar-refractivity contribution in [2.24, 2.45) is 11.8 Å². The molecular weight excluding hydrogens is 316 g/mol. The van der Waals surface area contributed by atoms with Crippen LogP contribution in [0, 0.1) is 22.0 Å².